The van der Waals surface area contributed by atoms with E-state index >= 15 is 0 Å². The summed E-state index contributed by atoms with van der Waals surface area (Å²) in [6, 6.07) is 12.6. The Morgan fingerprint density at radius 1 is 1.05 bits per heavy atom. The third-order valence-electron chi connectivity index (χ3n) is 4.22. The number of rotatable bonds is 2. The molecular formula is C18H17ClO2. The Balaban J connectivity index is 1.66. The van der Waals surface area contributed by atoms with E-state index in [0.717, 1.165) is 42.1 Å². The van der Waals surface area contributed by atoms with Crippen LogP contribution >= 0.6 is 11.6 Å². The Morgan fingerprint density at radius 2 is 1.76 bits per heavy atom. The highest BCUT2D eigenvalue weighted by molar-refractivity contribution is 6.22. The fourth-order valence-electron chi connectivity index (χ4n) is 3.16. The zero-order chi connectivity index (χ0) is 14.4. The maximum atomic E-state index is 6.69. The lowest BCUT2D eigenvalue weighted by Crippen LogP contribution is -2.05. The Labute approximate surface area is 129 Å². The lowest BCUT2D eigenvalue weighted by atomic mass is 9.99. The molecule has 0 bridgehead atoms. The van der Waals surface area contributed by atoms with Gasteiger partial charge in [-0.05, 0) is 41.3 Å². The third kappa shape index (κ3) is 2.28. The number of benzene rings is 2. The van der Waals surface area contributed by atoms with Crippen LogP contribution in [0.5, 0.6) is 11.5 Å². The van der Waals surface area contributed by atoms with Gasteiger partial charge in [0.2, 0.25) is 0 Å². The van der Waals surface area contributed by atoms with E-state index < -0.39 is 0 Å². The molecule has 2 nitrogen and oxygen atoms in total. The van der Waals surface area contributed by atoms with Crippen LogP contribution in [0.4, 0.5) is 0 Å². The van der Waals surface area contributed by atoms with Crippen molar-refractivity contribution in [1.29, 1.82) is 0 Å². The van der Waals surface area contributed by atoms with Crippen molar-refractivity contribution in [2.75, 3.05) is 6.61 Å². The predicted molar refractivity (Wildman–Crippen MR) is 83.6 cm³/mol. The van der Waals surface area contributed by atoms with Gasteiger partial charge in [-0.1, -0.05) is 24.3 Å². The smallest absolute Gasteiger partial charge is 0.123 e. The van der Waals surface area contributed by atoms with Crippen LogP contribution in [0.2, 0.25) is 0 Å². The lowest BCUT2D eigenvalue weighted by molar-refractivity contribution is 0.254. The summed E-state index contributed by atoms with van der Waals surface area (Å²) >= 11 is 6.69. The van der Waals surface area contributed by atoms with Crippen LogP contribution in [0, 0.1) is 0 Å². The molecule has 0 saturated carbocycles. The van der Waals surface area contributed by atoms with Crippen molar-refractivity contribution in [3.63, 3.8) is 0 Å². The summed E-state index contributed by atoms with van der Waals surface area (Å²) in [4.78, 5) is 0. The summed E-state index contributed by atoms with van der Waals surface area (Å²) in [5.74, 6) is 2.00. The van der Waals surface area contributed by atoms with E-state index in [4.69, 9.17) is 21.1 Å². The Hall–Kier alpha value is -1.67. The van der Waals surface area contributed by atoms with Crippen molar-refractivity contribution in [3.8, 4) is 11.5 Å². The van der Waals surface area contributed by atoms with Crippen molar-refractivity contribution in [1.82, 2.24) is 0 Å². The SMILES string of the molecule is CC1Cc2cc(C(Cl)c3ccc4c(c3)CCO4)ccc2O1. The van der Waals surface area contributed by atoms with E-state index in [-0.39, 0.29) is 11.5 Å². The molecule has 2 heterocycles. The van der Waals surface area contributed by atoms with Crippen LogP contribution in [0.15, 0.2) is 36.4 Å². The molecular weight excluding hydrogens is 284 g/mol. The second-order valence-electron chi connectivity index (χ2n) is 5.83. The monoisotopic (exact) mass is 300 g/mol. The molecule has 0 fully saturated rings. The number of ether oxygens (including phenoxy) is 2. The number of hydrogen-bond acceptors (Lipinski definition) is 2. The summed E-state index contributed by atoms with van der Waals surface area (Å²) in [7, 11) is 0. The third-order valence-corrected chi connectivity index (χ3v) is 4.72. The maximum absolute atomic E-state index is 6.69. The highest BCUT2D eigenvalue weighted by Crippen LogP contribution is 2.37. The van der Waals surface area contributed by atoms with E-state index in [1.165, 1.54) is 11.1 Å². The zero-order valence-corrected chi connectivity index (χ0v) is 12.7. The average Bonchev–Trinajstić information content (AvgIpc) is 3.09. The van der Waals surface area contributed by atoms with E-state index in [1.54, 1.807) is 0 Å². The molecule has 2 aliphatic heterocycles. The van der Waals surface area contributed by atoms with Gasteiger partial charge in [0.25, 0.3) is 0 Å². The summed E-state index contributed by atoms with van der Waals surface area (Å²) < 4.78 is 11.3. The molecule has 2 aromatic rings. The molecule has 3 heteroatoms. The first-order valence-corrected chi connectivity index (χ1v) is 7.83. The Kier molecular flexibility index (Phi) is 3.07. The molecule has 0 saturated heterocycles. The van der Waals surface area contributed by atoms with Gasteiger partial charge in [0.05, 0.1) is 12.0 Å². The zero-order valence-electron chi connectivity index (χ0n) is 11.9. The predicted octanol–water partition coefficient (Wildman–Crippen LogP) is 4.27. The summed E-state index contributed by atoms with van der Waals surface area (Å²) in [5.41, 5.74) is 4.78. The van der Waals surface area contributed by atoms with E-state index in [0.29, 0.717) is 0 Å². The maximum Gasteiger partial charge on any atom is 0.123 e. The van der Waals surface area contributed by atoms with Crippen molar-refractivity contribution < 1.29 is 9.47 Å². The summed E-state index contributed by atoms with van der Waals surface area (Å²) in [5, 5.41) is -0.128. The first-order valence-electron chi connectivity index (χ1n) is 7.40. The lowest BCUT2D eigenvalue weighted by Gasteiger charge is -2.13. The minimum Gasteiger partial charge on any atom is -0.493 e. The molecule has 0 radical (unpaired) electrons. The number of fused-ring (bicyclic) bond motifs is 2. The average molecular weight is 301 g/mol. The van der Waals surface area contributed by atoms with Crippen LogP contribution in [0.1, 0.15) is 34.6 Å². The van der Waals surface area contributed by atoms with Gasteiger partial charge in [0.1, 0.15) is 17.6 Å². The van der Waals surface area contributed by atoms with Crippen LogP contribution in [-0.4, -0.2) is 12.7 Å². The molecule has 2 atom stereocenters. The second kappa shape index (κ2) is 4.96. The van der Waals surface area contributed by atoms with Gasteiger partial charge in [0.15, 0.2) is 0 Å². The molecule has 21 heavy (non-hydrogen) atoms. The highest BCUT2D eigenvalue weighted by Gasteiger charge is 2.22. The van der Waals surface area contributed by atoms with Crippen LogP contribution in [0.3, 0.4) is 0 Å². The van der Waals surface area contributed by atoms with E-state index in [1.807, 2.05) is 12.1 Å². The van der Waals surface area contributed by atoms with Gasteiger partial charge in [-0.25, -0.2) is 0 Å². The first-order chi connectivity index (χ1) is 10.2. The second-order valence-corrected chi connectivity index (χ2v) is 6.26. The minimum absolute atomic E-state index is 0.128. The van der Waals surface area contributed by atoms with Gasteiger partial charge in [0, 0.05) is 12.8 Å². The van der Waals surface area contributed by atoms with Crippen LogP contribution < -0.4 is 9.47 Å². The van der Waals surface area contributed by atoms with Gasteiger partial charge in [-0.15, -0.1) is 11.6 Å². The fourth-order valence-corrected chi connectivity index (χ4v) is 3.43. The molecule has 2 unspecified atom stereocenters. The standard InChI is InChI=1S/C18H17ClO2/c1-11-8-15-10-14(3-5-17(15)21-11)18(19)13-2-4-16-12(9-13)6-7-20-16/h2-5,9-11,18H,6-8H2,1H3. The minimum atomic E-state index is -0.128. The molecule has 2 aliphatic rings. The number of hydrogen-bond donors (Lipinski definition) is 0. The van der Waals surface area contributed by atoms with Gasteiger partial charge in [-0.2, -0.15) is 0 Å². The van der Waals surface area contributed by atoms with Gasteiger partial charge < -0.3 is 9.47 Å². The highest BCUT2D eigenvalue weighted by atomic mass is 35.5. The van der Waals surface area contributed by atoms with Crippen molar-refractivity contribution >= 4 is 11.6 Å². The van der Waals surface area contributed by atoms with Crippen LogP contribution in [0.25, 0.3) is 0 Å². The van der Waals surface area contributed by atoms with Crippen molar-refractivity contribution in [3.05, 3.63) is 58.7 Å². The molecule has 0 amide bonds. The summed E-state index contributed by atoms with van der Waals surface area (Å²) in [6.07, 6.45) is 2.20. The molecule has 0 spiro atoms. The molecule has 0 N–H and O–H groups in total. The van der Waals surface area contributed by atoms with E-state index in [2.05, 4.69) is 31.2 Å². The molecule has 0 aromatic heterocycles. The number of halogens is 1. The van der Waals surface area contributed by atoms with Gasteiger partial charge in [-0.3, -0.25) is 0 Å². The fraction of sp³-hybridized carbons (Fsp3) is 0.333. The topological polar surface area (TPSA) is 18.5 Å². The van der Waals surface area contributed by atoms with E-state index in [9.17, 15) is 0 Å². The molecule has 108 valence electrons. The number of alkyl halides is 1. The van der Waals surface area contributed by atoms with Crippen molar-refractivity contribution in [2.24, 2.45) is 0 Å². The first kappa shape index (κ1) is 13.0. The summed E-state index contributed by atoms with van der Waals surface area (Å²) in [6.45, 7) is 2.87. The molecule has 0 aliphatic carbocycles. The largest absolute Gasteiger partial charge is 0.493 e. The molecule has 2 aromatic carbocycles. The van der Waals surface area contributed by atoms with Gasteiger partial charge >= 0.3 is 0 Å². The Bertz CT molecular complexity index is 696. The van der Waals surface area contributed by atoms with Crippen LogP contribution in [-0.2, 0) is 12.8 Å². The quantitative estimate of drug-likeness (QED) is 0.771. The normalized spacial score (nSPS) is 20.4. The molecule has 4 rings (SSSR count). The Morgan fingerprint density at radius 3 is 2.57 bits per heavy atom. The van der Waals surface area contributed by atoms with Crippen molar-refractivity contribution in [2.45, 2.75) is 31.2 Å².